The van der Waals surface area contributed by atoms with Crippen molar-refractivity contribution in [2.75, 3.05) is 6.54 Å². The number of para-hydroxylation sites is 1. The van der Waals surface area contributed by atoms with Crippen LogP contribution >= 0.6 is 0 Å². The van der Waals surface area contributed by atoms with Crippen molar-refractivity contribution in [1.29, 1.82) is 0 Å². The molecule has 0 amide bonds. The van der Waals surface area contributed by atoms with Gasteiger partial charge in [-0.15, -0.1) is 0 Å². The van der Waals surface area contributed by atoms with Gasteiger partial charge < -0.3 is 10.1 Å². The van der Waals surface area contributed by atoms with E-state index in [1.54, 1.807) is 0 Å². The molecule has 0 aliphatic heterocycles. The zero-order valence-electron chi connectivity index (χ0n) is 13.4. The second-order valence-corrected chi connectivity index (χ2v) is 6.56. The Morgan fingerprint density at radius 2 is 1.90 bits per heavy atom. The standard InChI is InChI=1S/C18H29NO/c1-13(2)19-12-15-8-7-10-16(15)17-9-5-6-11-18(17)20-14(3)4/h5-6,9,11,13-16,19H,7-8,10,12H2,1-4H3. The maximum absolute atomic E-state index is 6.01. The van der Waals surface area contributed by atoms with Crippen LogP contribution in [-0.4, -0.2) is 18.7 Å². The lowest BCUT2D eigenvalue weighted by Gasteiger charge is -2.24. The summed E-state index contributed by atoms with van der Waals surface area (Å²) in [6, 6.07) is 9.18. The normalized spacial score (nSPS) is 22.7. The quantitative estimate of drug-likeness (QED) is 0.833. The molecule has 2 atom stereocenters. The highest BCUT2D eigenvalue weighted by atomic mass is 16.5. The summed E-state index contributed by atoms with van der Waals surface area (Å²) in [5.41, 5.74) is 1.41. The van der Waals surface area contributed by atoms with Crippen LogP contribution in [-0.2, 0) is 0 Å². The minimum Gasteiger partial charge on any atom is -0.491 e. The Balaban J connectivity index is 2.12. The predicted octanol–water partition coefficient (Wildman–Crippen LogP) is 4.36. The van der Waals surface area contributed by atoms with Gasteiger partial charge in [0.25, 0.3) is 0 Å². The number of nitrogens with one attached hydrogen (secondary N) is 1. The fourth-order valence-electron chi connectivity index (χ4n) is 3.23. The fourth-order valence-corrected chi connectivity index (χ4v) is 3.23. The average molecular weight is 275 g/mol. The summed E-state index contributed by atoms with van der Waals surface area (Å²) in [5.74, 6) is 2.48. The first-order valence-electron chi connectivity index (χ1n) is 8.07. The maximum Gasteiger partial charge on any atom is 0.123 e. The number of rotatable bonds is 6. The van der Waals surface area contributed by atoms with Crippen LogP contribution in [0.4, 0.5) is 0 Å². The zero-order valence-corrected chi connectivity index (χ0v) is 13.4. The molecular formula is C18H29NO. The molecule has 1 aliphatic carbocycles. The minimum absolute atomic E-state index is 0.241. The van der Waals surface area contributed by atoms with Gasteiger partial charge in [-0.1, -0.05) is 38.5 Å². The third-order valence-corrected chi connectivity index (χ3v) is 4.13. The third kappa shape index (κ3) is 3.99. The van der Waals surface area contributed by atoms with Gasteiger partial charge in [0.1, 0.15) is 5.75 Å². The fraction of sp³-hybridized carbons (Fsp3) is 0.667. The molecule has 2 unspecified atom stereocenters. The van der Waals surface area contributed by atoms with Gasteiger partial charge in [-0.2, -0.15) is 0 Å². The maximum atomic E-state index is 6.01. The van der Waals surface area contributed by atoms with Gasteiger partial charge in [-0.3, -0.25) is 0 Å². The third-order valence-electron chi connectivity index (χ3n) is 4.13. The van der Waals surface area contributed by atoms with Crippen LogP contribution in [0.15, 0.2) is 24.3 Å². The SMILES string of the molecule is CC(C)NCC1CCCC1c1ccccc1OC(C)C. The van der Waals surface area contributed by atoms with Gasteiger partial charge in [-0.25, -0.2) is 0 Å². The molecule has 1 aromatic rings. The Labute approximate surface area is 123 Å². The molecule has 1 aliphatic rings. The van der Waals surface area contributed by atoms with E-state index in [0.717, 1.165) is 18.2 Å². The van der Waals surface area contributed by atoms with Crippen molar-refractivity contribution in [2.45, 2.75) is 65.0 Å². The van der Waals surface area contributed by atoms with Crippen molar-refractivity contribution in [3.8, 4) is 5.75 Å². The summed E-state index contributed by atoms with van der Waals surface area (Å²) < 4.78 is 6.01. The number of benzene rings is 1. The first-order valence-corrected chi connectivity index (χ1v) is 8.07. The van der Waals surface area contributed by atoms with Gasteiger partial charge in [-0.05, 0) is 56.7 Å². The lowest BCUT2D eigenvalue weighted by Crippen LogP contribution is -2.30. The van der Waals surface area contributed by atoms with Crippen LogP contribution in [0.25, 0.3) is 0 Å². The van der Waals surface area contributed by atoms with Crippen molar-refractivity contribution in [3.05, 3.63) is 29.8 Å². The Hall–Kier alpha value is -1.02. The van der Waals surface area contributed by atoms with Gasteiger partial charge >= 0.3 is 0 Å². The van der Waals surface area contributed by atoms with Gasteiger partial charge in [0.15, 0.2) is 0 Å². The minimum atomic E-state index is 0.241. The molecule has 0 saturated heterocycles. The van der Waals surface area contributed by atoms with Crippen LogP contribution < -0.4 is 10.1 Å². The van der Waals surface area contributed by atoms with Gasteiger partial charge in [0.2, 0.25) is 0 Å². The Morgan fingerprint density at radius 3 is 2.60 bits per heavy atom. The van der Waals surface area contributed by atoms with E-state index in [2.05, 4.69) is 57.3 Å². The van der Waals surface area contributed by atoms with E-state index in [4.69, 9.17) is 4.74 Å². The molecular weight excluding hydrogens is 246 g/mol. The molecule has 1 saturated carbocycles. The highest BCUT2D eigenvalue weighted by Crippen LogP contribution is 2.42. The molecule has 0 spiro atoms. The van der Waals surface area contributed by atoms with Crippen molar-refractivity contribution < 1.29 is 4.74 Å². The molecule has 1 N–H and O–H groups in total. The molecule has 2 heteroatoms. The summed E-state index contributed by atoms with van der Waals surface area (Å²) in [5, 5.41) is 3.61. The van der Waals surface area contributed by atoms with E-state index in [0.29, 0.717) is 12.0 Å². The molecule has 2 rings (SSSR count). The Bertz CT molecular complexity index is 414. The molecule has 112 valence electrons. The first-order chi connectivity index (χ1) is 9.58. The van der Waals surface area contributed by atoms with E-state index >= 15 is 0 Å². The Kier molecular flexibility index (Phi) is 5.47. The summed E-state index contributed by atoms with van der Waals surface area (Å²) in [6.07, 6.45) is 4.21. The topological polar surface area (TPSA) is 21.3 Å². The average Bonchev–Trinajstić information content (AvgIpc) is 2.84. The smallest absolute Gasteiger partial charge is 0.123 e. The largest absolute Gasteiger partial charge is 0.491 e. The molecule has 20 heavy (non-hydrogen) atoms. The monoisotopic (exact) mass is 275 g/mol. The molecule has 0 bridgehead atoms. The van der Waals surface area contributed by atoms with E-state index in [1.165, 1.54) is 24.8 Å². The van der Waals surface area contributed by atoms with E-state index in [-0.39, 0.29) is 6.10 Å². The van der Waals surface area contributed by atoms with Gasteiger partial charge in [0.05, 0.1) is 6.10 Å². The van der Waals surface area contributed by atoms with Crippen LogP contribution in [0.5, 0.6) is 5.75 Å². The molecule has 0 radical (unpaired) electrons. The molecule has 1 aromatic carbocycles. The predicted molar refractivity (Wildman–Crippen MR) is 85.4 cm³/mol. The van der Waals surface area contributed by atoms with Crippen molar-refractivity contribution in [3.63, 3.8) is 0 Å². The summed E-state index contributed by atoms with van der Waals surface area (Å²) in [4.78, 5) is 0. The van der Waals surface area contributed by atoms with Crippen molar-refractivity contribution in [2.24, 2.45) is 5.92 Å². The summed E-state index contributed by atoms with van der Waals surface area (Å²) >= 11 is 0. The summed E-state index contributed by atoms with van der Waals surface area (Å²) in [6.45, 7) is 9.77. The van der Waals surface area contributed by atoms with Crippen LogP contribution in [0.2, 0.25) is 0 Å². The van der Waals surface area contributed by atoms with Crippen LogP contribution in [0.3, 0.4) is 0 Å². The highest BCUT2D eigenvalue weighted by Gasteiger charge is 2.30. The second kappa shape index (κ2) is 7.12. The van der Waals surface area contributed by atoms with Crippen molar-refractivity contribution >= 4 is 0 Å². The lowest BCUT2D eigenvalue weighted by atomic mass is 9.88. The van der Waals surface area contributed by atoms with E-state index in [9.17, 15) is 0 Å². The van der Waals surface area contributed by atoms with E-state index in [1.807, 2.05) is 0 Å². The first kappa shape index (κ1) is 15.4. The number of ether oxygens (including phenoxy) is 1. The summed E-state index contributed by atoms with van der Waals surface area (Å²) in [7, 11) is 0. The van der Waals surface area contributed by atoms with E-state index < -0.39 is 0 Å². The molecule has 0 heterocycles. The highest BCUT2D eigenvalue weighted by molar-refractivity contribution is 5.37. The Morgan fingerprint density at radius 1 is 1.15 bits per heavy atom. The molecule has 1 fully saturated rings. The number of hydrogen-bond donors (Lipinski definition) is 1. The zero-order chi connectivity index (χ0) is 14.5. The molecule has 2 nitrogen and oxygen atoms in total. The molecule has 0 aromatic heterocycles. The lowest BCUT2D eigenvalue weighted by molar-refractivity contribution is 0.237. The number of hydrogen-bond acceptors (Lipinski definition) is 2. The second-order valence-electron chi connectivity index (χ2n) is 6.56. The van der Waals surface area contributed by atoms with Crippen molar-refractivity contribution in [1.82, 2.24) is 5.32 Å². The van der Waals surface area contributed by atoms with Crippen LogP contribution in [0.1, 0.15) is 58.4 Å². The van der Waals surface area contributed by atoms with Gasteiger partial charge in [0, 0.05) is 6.04 Å². The van der Waals surface area contributed by atoms with Crippen LogP contribution in [0, 0.1) is 5.92 Å².